The number of aliphatic hydroxyl groups is 1. The topological polar surface area (TPSA) is 71.4 Å². The van der Waals surface area contributed by atoms with E-state index in [1.807, 2.05) is 19.2 Å². The van der Waals surface area contributed by atoms with Crippen molar-refractivity contribution in [3.05, 3.63) is 69.8 Å². The van der Waals surface area contributed by atoms with Crippen LogP contribution >= 0.6 is 0 Å². The molecule has 6 rings (SSSR count). The third-order valence-corrected chi connectivity index (χ3v) is 6.97. The van der Waals surface area contributed by atoms with Crippen molar-refractivity contribution in [2.75, 3.05) is 46.3 Å². The number of rotatable bonds is 3. The molecular weight excluding hydrogens is 421 g/mol. The van der Waals surface area contributed by atoms with Gasteiger partial charge in [-0.05, 0) is 41.3 Å². The minimum Gasteiger partial charge on any atom is -0.389 e. The van der Waals surface area contributed by atoms with Gasteiger partial charge >= 0.3 is 0 Å². The highest BCUT2D eigenvalue weighted by molar-refractivity contribution is 6.20. The van der Waals surface area contributed by atoms with Crippen LogP contribution in [0.15, 0.2) is 52.4 Å². The summed E-state index contributed by atoms with van der Waals surface area (Å²) in [4.78, 5) is 18.3. The van der Waals surface area contributed by atoms with Gasteiger partial charge in [0.2, 0.25) is 5.91 Å². The summed E-state index contributed by atoms with van der Waals surface area (Å²) in [6, 6.07) is 3.16. The van der Waals surface area contributed by atoms with E-state index in [0.717, 1.165) is 58.8 Å². The molecule has 2 N–H and O–H groups in total. The second-order valence-electron chi connectivity index (χ2n) is 9.34. The number of likely N-dealkylation sites (tertiary alicyclic amines) is 1. The standard InChI is InChI=1S/C25H26FN5O2/c1-29-12-20(15-4-6-30(7-5-15)14-23(33)31-10-18(32)11-31)25-21(13-29)19-9-17(26)8-16-2-3-22(24(16)19)27-28-25/h2-4,8-9,13,18,28,32H,5-7,10-12,14H2,1H3. The Bertz CT molecular complexity index is 1210. The molecule has 0 unspecified atom stereocenters. The zero-order chi connectivity index (χ0) is 22.7. The predicted molar refractivity (Wildman–Crippen MR) is 124 cm³/mol. The van der Waals surface area contributed by atoms with Gasteiger partial charge in [-0.3, -0.25) is 15.1 Å². The molecule has 4 heterocycles. The van der Waals surface area contributed by atoms with Crippen molar-refractivity contribution in [1.29, 1.82) is 0 Å². The van der Waals surface area contributed by atoms with Gasteiger partial charge in [0.1, 0.15) is 5.82 Å². The van der Waals surface area contributed by atoms with Gasteiger partial charge in [0, 0.05) is 62.7 Å². The summed E-state index contributed by atoms with van der Waals surface area (Å²) in [5.41, 5.74) is 11.1. The van der Waals surface area contributed by atoms with Crippen LogP contribution in [-0.4, -0.2) is 83.8 Å². The number of nitrogens with zero attached hydrogens (tertiary/aromatic N) is 4. The second kappa shape index (κ2) is 7.67. The number of likely N-dealkylation sites (N-methyl/N-ethyl adjacent to an activating group) is 1. The summed E-state index contributed by atoms with van der Waals surface area (Å²) in [6.45, 7) is 3.49. The summed E-state index contributed by atoms with van der Waals surface area (Å²) in [5, 5.41) is 14.1. The SMILES string of the molecule is CN1C=C2C(=C(C3=CCN(CC(=O)N4CC(O)C4)CC3)C1)NN=C1C=Cc3cc(F)cc2c31. The number of benzene rings is 1. The Morgan fingerprint density at radius 2 is 2.15 bits per heavy atom. The van der Waals surface area contributed by atoms with Gasteiger partial charge in [0.25, 0.3) is 0 Å². The molecule has 1 amide bonds. The number of hydrazone groups is 1. The highest BCUT2D eigenvalue weighted by Crippen LogP contribution is 2.39. The van der Waals surface area contributed by atoms with E-state index in [0.29, 0.717) is 26.2 Å². The third kappa shape index (κ3) is 3.50. The molecule has 1 aromatic rings. The average molecular weight is 448 g/mol. The Labute approximate surface area is 191 Å². The van der Waals surface area contributed by atoms with Crippen LogP contribution in [0, 0.1) is 5.82 Å². The van der Waals surface area contributed by atoms with Crippen LogP contribution in [0.2, 0.25) is 0 Å². The highest BCUT2D eigenvalue weighted by Gasteiger charge is 2.32. The monoisotopic (exact) mass is 447 g/mol. The molecule has 0 aromatic heterocycles. The lowest BCUT2D eigenvalue weighted by atomic mass is 9.88. The van der Waals surface area contributed by atoms with Crippen LogP contribution in [-0.2, 0) is 4.79 Å². The molecule has 170 valence electrons. The summed E-state index contributed by atoms with van der Waals surface area (Å²) < 4.78 is 14.4. The maximum Gasteiger partial charge on any atom is 0.236 e. The quantitative estimate of drug-likeness (QED) is 0.736. The lowest BCUT2D eigenvalue weighted by Gasteiger charge is -2.38. The first-order valence-corrected chi connectivity index (χ1v) is 11.4. The van der Waals surface area contributed by atoms with Gasteiger partial charge in [-0.15, -0.1) is 0 Å². The highest BCUT2D eigenvalue weighted by atomic mass is 19.1. The Morgan fingerprint density at radius 3 is 2.91 bits per heavy atom. The van der Waals surface area contributed by atoms with Crippen LogP contribution in [0.25, 0.3) is 11.6 Å². The van der Waals surface area contributed by atoms with Crippen LogP contribution in [0.4, 0.5) is 4.39 Å². The molecule has 5 aliphatic rings. The van der Waals surface area contributed by atoms with Crippen molar-refractivity contribution in [2.45, 2.75) is 12.5 Å². The number of amides is 1. The van der Waals surface area contributed by atoms with Gasteiger partial charge in [0.05, 0.1) is 24.1 Å². The molecule has 0 atom stereocenters. The van der Waals surface area contributed by atoms with Gasteiger partial charge in [-0.25, -0.2) is 4.39 Å². The average Bonchev–Trinajstić information content (AvgIpc) is 3.10. The summed E-state index contributed by atoms with van der Waals surface area (Å²) in [7, 11) is 2.03. The number of carbonyl (C=O) groups is 1. The van der Waals surface area contributed by atoms with E-state index < -0.39 is 0 Å². The van der Waals surface area contributed by atoms with Crippen molar-refractivity contribution in [3.8, 4) is 0 Å². The molecule has 1 aliphatic carbocycles. The van der Waals surface area contributed by atoms with Crippen LogP contribution in [0.1, 0.15) is 23.1 Å². The molecule has 33 heavy (non-hydrogen) atoms. The van der Waals surface area contributed by atoms with Crippen molar-refractivity contribution in [1.82, 2.24) is 20.1 Å². The largest absolute Gasteiger partial charge is 0.389 e. The maximum absolute atomic E-state index is 14.4. The van der Waals surface area contributed by atoms with E-state index >= 15 is 0 Å². The third-order valence-electron chi connectivity index (χ3n) is 6.97. The zero-order valence-electron chi connectivity index (χ0n) is 18.5. The normalized spacial score (nSPS) is 22.1. The molecular formula is C25H26FN5O2. The molecule has 1 aromatic carbocycles. The number of halogens is 1. The Balaban J connectivity index is 1.29. The maximum atomic E-state index is 14.4. The van der Waals surface area contributed by atoms with E-state index in [1.165, 1.54) is 5.57 Å². The summed E-state index contributed by atoms with van der Waals surface area (Å²) in [6.07, 6.45) is 8.55. The van der Waals surface area contributed by atoms with Gasteiger partial charge in [-0.2, -0.15) is 5.10 Å². The van der Waals surface area contributed by atoms with Crippen LogP contribution < -0.4 is 5.43 Å². The molecule has 1 fully saturated rings. The fourth-order valence-corrected chi connectivity index (χ4v) is 5.21. The molecule has 0 bridgehead atoms. The number of β-amino-alcohol motifs (C(OH)–C–C–N with tert-alkyl or cyclic N) is 1. The molecule has 7 nitrogen and oxygen atoms in total. The van der Waals surface area contributed by atoms with Crippen LogP contribution in [0.3, 0.4) is 0 Å². The Hall–Kier alpha value is -3.23. The predicted octanol–water partition coefficient (Wildman–Crippen LogP) is 1.54. The van der Waals surface area contributed by atoms with Gasteiger partial charge in [0.15, 0.2) is 0 Å². The van der Waals surface area contributed by atoms with E-state index in [4.69, 9.17) is 0 Å². The van der Waals surface area contributed by atoms with E-state index in [2.05, 4.69) is 32.6 Å². The minimum absolute atomic E-state index is 0.0750. The molecule has 8 heteroatoms. The summed E-state index contributed by atoms with van der Waals surface area (Å²) in [5.74, 6) is -0.176. The van der Waals surface area contributed by atoms with Gasteiger partial charge in [-0.1, -0.05) is 12.2 Å². The fraction of sp³-hybridized carbons (Fsp3) is 0.360. The van der Waals surface area contributed by atoms with E-state index in [1.54, 1.807) is 17.0 Å². The molecule has 0 spiro atoms. The van der Waals surface area contributed by atoms with Crippen molar-refractivity contribution >= 4 is 23.3 Å². The lowest BCUT2D eigenvalue weighted by molar-refractivity contribution is -0.142. The number of aliphatic hydroxyl groups excluding tert-OH is 1. The first-order chi connectivity index (χ1) is 16.0. The number of hydrogen-bond acceptors (Lipinski definition) is 6. The number of carbonyl (C=O) groups excluding carboxylic acids is 1. The molecule has 4 aliphatic heterocycles. The first-order valence-electron chi connectivity index (χ1n) is 11.4. The number of hydrogen-bond donors (Lipinski definition) is 2. The van der Waals surface area contributed by atoms with Crippen molar-refractivity contribution in [3.63, 3.8) is 0 Å². The molecule has 0 radical (unpaired) electrons. The van der Waals surface area contributed by atoms with Crippen molar-refractivity contribution < 1.29 is 14.3 Å². The smallest absolute Gasteiger partial charge is 0.236 e. The van der Waals surface area contributed by atoms with Crippen LogP contribution in [0.5, 0.6) is 0 Å². The van der Waals surface area contributed by atoms with E-state index in [-0.39, 0.29) is 17.8 Å². The van der Waals surface area contributed by atoms with E-state index in [9.17, 15) is 14.3 Å². The number of nitrogens with one attached hydrogen (secondary N) is 1. The minimum atomic E-state index is -0.374. The second-order valence-corrected chi connectivity index (χ2v) is 9.34. The van der Waals surface area contributed by atoms with Gasteiger partial charge < -0.3 is 14.9 Å². The zero-order valence-corrected chi connectivity index (χ0v) is 18.5. The first kappa shape index (κ1) is 20.4. The molecule has 0 saturated carbocycles. The van der Waals surface area contributed by atoms with Crippen molar-refractivity contribution in [2.24, 2.45) is 5.10 Å². The molecule has 1 saturated heterocycles. The summed E-state index contributed by atoms with van der Waals surface area (Å²) >= 11 is 0. The Kier molecular flexibility index (Phi) is 4.74. The Morgan fingerprint density at radius 1 is 1.30 bits per heavy atom. The number of allylic oxidation sites excluding steroid dienone is 2. The number of fused-ring (bicyclic) bond motifs is 2. The fourth-order valence-electron chi connectivity index (χ4n) is 5.21. The lowest BCUT2D eigenvalue weighted by Crippen LogP contribution is -2.56.